The number of ether oxygens (including phenoxy) is 1. The van der Waals surface area contributed by atoms with Gasteiger partial charge in [-0.25, -0.2) is 0 Å². The first-order valence-electron chi connectivity index (χ1n) is 8.00. The predicted octanol–water partition coefficient (Wildman–Crippen LogP) is 3.07. The van der Waals surface area contributed by atoms with Crippen LogP contribution in [-0.4, -0.2) is 29.6 Å². The number of hydrogen-bond acceptors (Lipinski definition) is 3. The summed E-state index contributed by atoms with van der Waals surface area (Å²) < 4.78 is 6.56. The van der Waals surface area contributed by atoms with Gasteiger partial charge in [0.2, 0.25) is 5.91 Å². The van der Waals surface area contributed by atoms with Crippen molar-refractivity contribution in [2.75, 3.05) is 6.61 Å². The molecule has 5 nitrogen and oxygen atoms in total. The van der Waals surface area contributed by atoms with Gasteiger partial charge in [-0.2, -0.15) is 0 Å². The monoisotopic (exact) mass is 381 g/mol. The van der Waals surface area contributed by atoms with Crippen LogP contribution < -0.4 is 10.1 Å². The molecule has 0 spiro atoms. The molecule has 1 amide bonds. The van der Waals surface area contributed by atoms with Crippen LogP contribution in [-0.2, 0) is 9.59 Å². The van der Waals surface area contributed by atoms with Crippen molar-refractivity contribution in [1.82, 2.24) is 5.32 Å². The standard InChI is InChI=1S/C17H20BrNO4/c18-11-3-6-15-14(9-11)13(7-8-23-15)16(20)19-12-4-1-10(2-5-12)17(21)22/h3,6,9-10,12-13H,1-2,4-5,7-8H2,(H,19,20)(H,21,22). The van der Waals surface area contributed by atoms with Crippen molar-refractivity contribution in [2.24, 2.45) is 5.92 Å². The predicted molar refractivity (Wildman–Crippen MR) is 88.5 cm³/mol. The number of halogens is 1. The van der Waals surface area contributed by atoms with E-state index in [2.05, 4.69) is 21.2 Å². The molecule has 1 aliphatic carbocycles. The number of fused-ring (bicyclic) bond motifs is 1. The van der Waals surface area contributed by atoms with Crippen molar-refractivity contribution in [3.63, 3.8) is 0 Å². The lowest BCUT2D eigenvalue weighted by molar-refractivity contribution is -0.142. The summed E-state index contributed by atoms with van der Waals surface area (Å²) in [7, 11) is 0. The van der Waals surface area contributed by atoms with E-state index in [-0.39, 0.29) is 23.8 Å². The van der Waals surface area contributed by atoms with E-state index in [0.717, 1.165) is 28.6 Å². The van der Waals surface area contributed by atoms with E-state index >= 15 is 0 Å². The molecule has 0 aromatic heterocycles. The molecule has 1 fully saturated rings. The Kier molecular flexibility index (Phi) is 4.90. The number of amides is 1. The molecule has 1 aromatic carbocycles. The van der Waals surface area contributed by atoms with Gasteiger partial charge >= 0.3 is 5.97 Å². The molecule has 1 aliphatic heterocycles. The zero-order valence-electron chi connectivity index (χ0n) is 12.8. The molecule has 1 heterocycles. The normalized spacial score (nSPS) is 26.7. The molecule has 1 atom stereocenters. The second kappa shape index (κ2) is 6.91. The average molecular weight is 382 g/mol. The molecule has 1 aromatic rings. The zero-order chi connectivity index (χ0) is 16.4. The molecule has 0 bridgehead atoms. The summed E-state index contributed by atoms with van der Waals surface area (Å²) >= 11 is 3.44. The van der Waals surface area contributed by atoms with Gasteiger partial charge in [-0.1, -0.05) is 15.9 Å². The molecule has 1 saturated carbocycles. The average Bonchev–Trinajstić information content (AvgIpc) is 2.54. The van der Waals surface area contributed by atoms with Crippen LogP contribution in [0.25, 0.3) is 0 Å². The topological polar surface area (TPSA) is 75.6 Å². The summed E-state index contributed by atoms with van der Waals surface area (Å²) in [5.41, 5.74) is 0.919. The van der Waals surface area contributed by atoms with Crippen molar-refractivity contribution >= 4 is 27.8 Å². The van der Waals surface area contributed by atoms with Gasteiger partial charge in [0.15, 0.2) is 0 Å². The first-order chi connectivity index (χ1) is 11.0. The SMILES string of the molecule is O=C(O)C1CCC(NC(=O)C2CCOc3ccc(Br)cc32)CC1. The van der Waals surface area contributed by atoms with E-state index in [0.29, 0.717) is 25.9 Å². The number of benzene rings is 1. The number of nitrogens with one attached hydrogen (secondary N) is 1. The first-order valence-corrected chi connectivity index (χ1v) is 8.79. The van der Waals surface area contributed by atoms with Crippen molar-refractivity contribution in [1.29, 1.82) is 0 Å². The smallest absolute Gasteiger partial charge is 0.306 e. The van der Waals surface area contributed by atoms with Crippen molar-refractivity contribution in [3.05, 3.63) is 28.2 Å². The molecule has 2 aliphatic rings. The Morgan fingerprint density at radius 1 is 1.17 bits per heavy atom. The van der Waals surface area contributed by atoms with Gasteiger partial charge in [0.1, 0.15) is 5.75 Å². The Bertz CT molecular complexity index is 611. The van der Waals surface area contributed by atoms with Gasteiger partial charge < -0.3 is 15.2 Å². The van der Waals surface area contributed by atoms with Crippen LogP contribution in [0, 0.1) is 5.92 Å². The lowest BCUT2D eigenvalue weighted by Gasteiger charge is -2.30. The van der Waals surface area contributed by atoms with Crippen LogP contribution in [0.5, 0.6) is 5.75 Å². The molecular formula is C17H20BrNO4. The molecule has 2 N–H and O–H groups in total. The molecular weight excluding hydrogens is 362 g/mol. The third-order valence-corrected chi connectivity index (χ3v) is 5.24. The molecule has 1 unspecified atom stereocenters. The van der Waals surface area contributed by atoms with Crippen LogP contribution in [0.15, 0.2) is 22.7 Å². The second-order valence-corrected chi connectivity index (χ2v) is 7.18. The summed E-state index contributed by atoms with van der Waals surface area (Å²) in [5, 5.41) is 12.1. The molecule has 6 heteroatoms. The molecule has 0 saturated heterocycles. The number of aliphatic carboxylic acids is 1. The molecule has 3 rings (SSSR count). The van der Waals surface area contributed by atoms with Crippen LogP contribution >= 0.6 is 15.9 Å². The molecule has 0 radical (unpaired) electrons. The van der Waals surface area contributed by atoms with Gasteiger partial charge in [-0.05, 0) is 50.3 Å². The molecule has 124 valence electrons. The number of carbonyl (C=O) groups is 2. The number of carboxylic acid groups (broad SMARTS) is 1. The summed E-state index contributed by atoms with van der Waals surface area (Å²) in [6, 6.07) is 5.82. The maximum absolute atomic E-state index is 12.7. The van der Waals surface area contributed by atoms with Gasteiger partial charge in [-0.3, -0.25) is 9.59 Å². The minimum Gasteiger partial charge on any atom is -0.493 e. The van der Waals surface area contributed by atoms with Crippen molar-refractivity contribution in [2.45, 2.75) is 44.1 Å². The Morgan fingerprint density at radius 2 is 1.91 bits per heavy atom. The zero-order valence-corrected chi connectivity index (χ0v) is 14.3. The first kappa shape index (κ1) is 16.3. The summed E-state index contributed by atoms with van der Waals surface area (Å²) in [5.74, 6) is -0.394. The van der Waals surface area contributed by atoms with E-state index in [1.54, 1.807) is 0 Å². The van der Waals surface area contributed by atoms with Gasteiger partial charge in [0.25, 0.3) is 0 Å². The number of carbonyl (C=O) groups excluding carboxylic acids is 1. The van der Waals surface area contributed by atoms with E-state index in [4.69, 9.17) is 9.84 Å². The largest absolute Gasteiger partial charge is 0.493 e. The van der Waals surface area contributed by atoms with E-state index in [1.165, 1.54) is 0 Å². The van der Waals surface area contributed by atoms with E-state index < -0.39 is 5.97 Å². The van der Waals surface area contributed by atoms with Crippen LogP contribution in [0.2, 0.25) is 0 Å². The Hall–Kier alpha value is -1.56. The minimum atomic E-state index is -0.724. The van der Waals surface area contributed by atoms with E-state index in [9.17, 15) is 9.59 Å². The fourth-order valence-corrected chi connectivity index (χ4v) is 3.80. The maximum atomic E-state index is 12.7. The third-order valence-electron chi connectivity index (χ3n) is 4.75. The van der Waals surface area contributed by atoms with Crippen LogP contribution in [0.1, 0.15) is 43.6 Å². The van der Waals surface area contributed by atoms with Crippen molar-refractivity contribution < 1.29 is 19.4 Å². The van der Waals surface area contributed by atoms with Gasteiger partial charge in [0, 0.05) is 16.1 Å². The minimum absolute atomic E-state index is 0.0198. The van der Waals surface area contributed by atoms with Gasteiger partial charge in [0.05, 0.1) is 18.4 Å². The van der Waals surface area contributed by atoms with Crippen LogP contribution in [0.3, 0.4) is 0 Å². The fraction of sp³-hybridized carbons (Fsp3) is 0.529. The Morgan fingerprint density at radius 3 is 2.61 bits per heavy atom. The lowest BCUT2D eigenvalue weighted by atomic mass is 9.85. The number of hydrogen-bond donors (Lipinski definition) is 2. The second-order valence-electron chi connectivity index (χ2n) is 6.27. The highest BCUT2D eigenvalue weighted by Crippen LogP contribution is 2.36. The maximum Gasteiger partial charge on any atom is 0.306 e. The highest BCUT2D eigenvalue weighted by atomic mass is 79.9. The lowest BCUT2D eigenvalue weighted by Crippen LogP contribution is -2.42. The highest BCUT2D eigenvalue weighted by molar-refractivity contribution is 9.10. The summed E-state index contributed by atoms with van der Waals surface area (Å²) in [6.45, 7) is 0.540. The van der Waals surface area contributed by atoms with E-state index in [1.807, 2.05) is 18.2 Å². The molecule has 23 heavy (non-hydrogen) atoms. The fourth-order valence-electron chi connectivity index (χ4n) is 3.42. The Labute approximate surface area is 143 Å². The number of carboxylic acids is 1. The quantitative estimate of drug-likeness (QED) is 0.843. The number of rotatable bonds is 3. The van der Waals surface area contributed by atoms with Gasteiger partial charge in [-0.15, -0.1) is 0 Å². The Balaban J connectivity index is 1.64. The highest BCUT2D eigenvalue weighted by Gasteiger charge is 2.31. The summed E-state index contributed by atoms with van der Waals surface area (Å²) in [4.78, 5) is 23.7. The van der Waals surface area contributed by atoms with Crippen LogP contribution in [0.4, 0.5) is 0 Å². The summed E-state index contributed by atoms with van der Waals surface area (Å²) in [6.07, 6.45) is 3.40. The van der Waals surface area contributed by atoms with Crippen molar-refractivity contribution in [3.8, 4) is 5.75 Å². The third kappa shape index (κ3) is 3.68.